The summed E-state index contributed by atoms with van der Waals surface area (Å²) in [7, 11) is 2.16. The smallest absolute Gasteiger partial charge is 0.287 e. The monoisotopic (exact) mass is 512 g/mol. The second kappa shape index (κ2) is 13.9. The van der Waals surface area contributed by atoms with Gasteiger partial charge in [-0.1, -0.05) is 55.8 Å². The number of rotatable bonds is 5. The fraction of sp³-hybridized carbons (Fsp3) is 0.556. The van der Waals surface area contributed by atoms with E-state index >= 15 is 0 Å². The molecule has 3 heterocycles. The van der Waals surface area contributed by atoms with Crippen LogP contribution in [0.2, 0.25) is 0 Å². The second-order valence-electron chi connectivity index (χ2n) is 9.60. The molecule has 37 heavy (non-hydrogen) atoms. The molecule has 3 fully saturated rings. The van der Waals surface area contributed by atoms with Crippen molar-refractivity contribution in [2.75, 3.05) is 33.2 Å². The molecule has 4 N–H and O–H groups in total. The molecule has 10 heteroatoms. The second-order valence-corrected chi connectivity index (χ2v) is 9.60. The molecule has 1 saturated carbocycles. The van der Waals surface area contributed by atoms with Crippen LogP contribution in [0.3, 0.4) is 0 Å². The number of primary amides is 1. The minimum Gasteiger partial charge on any atom is -0.363 e. The number of nitrogens with one attached hydrogen (secondary N) is 2. The number of carbonyl (C=O) groups excluding carboxylic acids is 3. The first-order valence-electron chi connectivity index (χ1n) is 13.2. The van der Waals surface area contributed by atoms with Gasteiger partial charge in [0, 0.05) is 36.7 Å². The number of nitrogens with zero attached hydrogens (tertiary/aromatic N) is 3. The first kappa shape index (κ1) is 28.3. The van der Waals surface area contributed by atoms with Gasteiger partial charge in [0.1, 0.15) is 5.69 Å². The first-order valence-corrected chi connectivity index (χ1v) is 13.2. The van der Waals surface area contributed by atoms with E-state index in [0.717, 1.165) is 51.0 Å². The molecule has 5 rings (SSSR count). The fourth-order valence-electron chi connectivity index (χ4n) is 4.47. The van der Waals surface area contributed by atoms with Gasteiger partial charge in [0.15, 0.2) is 0 Å². The zero-order chi connectivity index (χ0) is 26.8. The van der Waals surface area contributed by atoms with Gasteiger partial charge in [-0.2, -0.15) is 0 Å². The first-order chi connectivity index (χ1) is 17.9. The van der Waals surface area contributed by atoms with Crippen LogP contribution in [-0.2, 0) is 9.59 Å². The van der Waals surface area contributed by atoms with Crippen molar-refractivity contribution >= 4 is 17.7 Å². The summed E-state index contributed by atoms with van der Waals surface area (Å²) in [5.74, 6) is -0.453. The molecule has 2 saturated heterocycles. The maximum atomic E-state index is 12.0. The van der Waals surface area contributed by atoms with Gasteiger partial charge in [-0.05, 0) is 45.8 Å². The zero-order valence-corrected chi connectivity index (χ0v) is 22.1. The fourth-order valence-corrected chi connectivity index (χ4v) is 4.47. The molecule has 0 spiro atoms. The third-order valence-electron chi connectivity index (χ3n) is 7.09. The van der Waals surface area contributed by atoms with E-state index in [-0.39, 0.29) is 29.4 Å². The highest BCUT2D eigenvalue weighted by molar-refractivity contribution is 5.90. The summed E-state index contributed by atoms with van der Waals surface area (Å²) in [6.45, 7) is 7.96. The summed E-state index contributed by atoms with van der Waals surface area (Å²) in [6.07, 6.45) is 5.43. The van der Waals surface area contributed by atoms with Crippen LogP contribution in [-0.4, -0.2) is 71.9 Å². The molecule has 2 aromatic rings. The predicted molar refractivity (Wildman–Crippen MR) is 141 cm³/mol. The molecule has 2 aliphatic heterocycles. The van der Waals surface area contributed by atoms with Gasteiger partial charge in [-0.25, -0.2) is 0 Å². The largest absolute Gasteiger partial charge is 0.363 e. The summed E-state index contributed by atoms with van der Waals surface area (Å²) in [5, 5.41) is 3.73. The highest BCUT2D eigenvalue weighted by Gasteiger charge is 2.37. The number of hydrogen-bond acceptors (Lipinski definition) is 7. The van der Waals surface area contributed by atoms with Crippen molar-refractivity contribution in [3.05, 3.63) is 42.2 Å². The summed E-state index contributed by atoms with van der Waals surface area (Å²) in [5.41, 5.74) is 11.7. The molecular formula is C27H40N6O4. The van der Waals surface area contributed by atoms with E-state index in [1.54, 1.807) is 0 Å². The van der Waals surface area contributed by atoms with E-state index in [4.69, 9.17) is 10.3 Å². The number of likely N-dealkylation sites (tertiary alicyclic amines) is 2. The average Bonchev–Trinajstić information content (AvgIpc) is 3.35. The summed E-state index contributed by atoms with van der Waals surface area (Å²) in [4.78, 5) is 39.1. The molecule has 0 atom stereocenters. The van der Waals surface area contributed by atoms with Crippen molar-refractivity contribution < 1.29 is 18.9 Å². The number of amides is 3. The van der Waals surface area contributed by atoms with Gasteiger partial charge < -0.3 is 15.2 Å². The molecule has 0 radical (unpaired) electrons. The molecule has 10 nitrogen and oxygen atoms in total. The Labute approximate surface area is 218 Å². The van der Waals surface area contributed by atoms with Crippen molar-refractivity contribution in [2.24, 2.45) is 17.6 Å². The van der Waals surface area contributed by atoms with Gasteiger partial charge in [0.25, 0.3) is 5.91 Å². The lowest BCUT2D eigenvalue weighted by Gasteiger charge is -2.46. The Morgan fingerprint density at radius 3 is 2.05 bits per heavy atom. The maximum Gasteiger partial charge on any atom is 0.287 e. The van der Waals surface area contributed by atoms with E-state index < -0.39 is 5.91 Å². The summed E-state index contributed by atoms with van der Waals surface area (Å²) < 4.78 is 4.76. The predicted octanol–water partition coefficient (Wildman–Crippen LogP) is 2.43. The Morgan fingerprint density at radius 2 is 1.54 bits per heavy atom. The molecule has 1 aliphatic carbocycles. The topological polar surface area (TPSA) is 134 Å². The van der Waals surface area contributed by atoms with Crippen molar-refractivity contribution in [1.29, 1.82) is 0 Å². The lowest BCUT2D eigenvalue weighted by Crippen LogP contribution is -2.60. The quantitative estimate of drug-likeness (QED) is 0.524. The molecular weight excluding hydrogens is 472 g/mol. The van der Waals surface area contributed by atoms with Gasteiger partial charge in [0.05, 0.1) is 5.92 Å². The highest BCUT2D eigenvalue weighted by atomic mass is 16.5. The molecule has 3 aliphatic rings. The molecule has 202 valence electrons. The van der Waals surface area contributed by atoms with Crippen LogP contribution in [0, 0.1) is 11.8 Å². The zero-order valence-electron chi connectivity index (χ0n) is 22.1. The van der Waals surface area contributed by atoms with Crippen molar-refractivity contribution in [2.45, 2.75) is 52.0 Å². The van der Waals surface area contributed by atoms with Crippen molar-refractivity contribution in [3.63, 3.8) is 0 Å². The number of nitrogens with two attached hydrogens (primary N) is 1. The summed E-state index contributed by atoms with van der Waals surface area (Å²) >= 11 is 0. The SMILES string of the molecule is CC.CN1CCC(N2CC(C(=O)NNC(=O)C3CCC3)C2)CC1.NC(=O)c1cc(-c2ccccc2)no1. The third-order valence-corrected chi connectivity index (χ3v) is 7.09. The number of benzene rings is 1. The molecule has 3 amide bonds. The number of hydrazine groups is 1. The lowest BCUT2D eigenvalue weighted by molar-refractivity contribution is -0.138. The molecule has 0 bridgehead atoms. The van der Waals surface area contributed by atoms with Gasteiger partial charge in [0.2, 0.25) is 17.6 Å². The Morgan fingerprint density at radius 1 is 0.946 bits per heavy atom. The maximum absolute atomic E-state index is 12.0. The van der Waals surface area contributed by atoms with Crippen LogP contribution < -0.4 is 16.6 Å². The van der Waals surface area contributed by atoms with Crippen LogP contribution in [0.15, 0.2) is 40.9 Å². The lowest BCUT2D eigenvalue weighted by atomic mass is 9.85. The number of carbonyl (C=O) groups is 3. The van der Waals surface area contributed by atoms with E-state index in [9.17, 15) is 14.4 Å². The van der Waals surface area contributed by atoms with Gasteiger partial charge >= 0.3 is 0 Å². The highest BCUT2D eigenvalue weighted by Crippen LogP contribution is 2.26. The van der Waals surface area contributed by atoms with E-state index in [1.165, 1.54) is 18.9 Å². The standard InChI is InChI=1S/C15H26N4O2.C10H8N2O2.C2H6/c1-18-7-5-13(6-8-18)19-9-12(10-19)15(21)17-16-14(20)11-3-2-4-11;11-10(13)9-6-8(12-14-9)7-4-2-1-3-5-7;1-2/h11-13H,2-10H2,1H3,(H,16,20)(H,17,21);1-6H,(H2,11,13);1-2H3. The molecule has 0 unspecified atom stereocenters. The minimum atomic E-state index is -0.611. The van der Waals surface area contributed by atoms with Crippen LogP contribution in [0.1, 0.15) is 56.5 Å². The Balaban J connectivity index is 0.000000207. The molecule has 1 aromatic heterocycles. The van der Waals surface area contributed by atoms with Crippen molar-refractivity contribution in [1.82, 2.24) is 25.8 Å². The average molecular weight is 513 g/mol. The Hall–Kier alpha value is -3.24. The van der Waals surface area contributed by atoms with Crippen LogP contribution in [0.4, 0.5) is 0 Å². The van der Waals surface area contributed by atoms with Gasteiger partial charge in [-0.3, -0.25) is 30.1 Å². The Kier molecular flexibility index (Phi) is 10.6. The van der Waals surface area contributed by atoms with E-state index in [1.807, 2.05) is 44.2 Å². The van der Waals surface area contributed by atoms with Gasteiger partial charge in [-0.15, -0.1) is 0 Å². The molecule has 1 aromatic carbocycles. The number of piperidine rings is 1. The van der Waals surface area contributed by atoms with Crippen LogP contribution in [0.5, 0.6) is 0 Å². The van der Waals surface area contributed by atoms with E-state index in [2.05, 4.69) is 32.9 Å². The number of aromatic nitrogens is 1. The van der Waals surface area contributed by atoms with Crippen LogP contribution >= 0.6 is 0 Å². The van der Waals surface area contributed by atoms with E-state index in [0.29, 0.717) is 11.7 Å². The van der Waals surface area contributed by atoms with Crippen molar-refractivity contribution in [3.8, 4) is 11.3 Å². The summed E-state index contributed by atoms with van der Waals surface area (Å²) in [6, 6.07) is 11.6. The number of hydrogen-bond donors (Lipinski definition) is 3. The third kappa shape index (κ3) is 7.87. The minimum absolute atomic E-state index is 0.0268. The Bertz CT molecular complexity index is 1010. The normalized spacial score (nSPS) is 18.7. The van der Waals surface area contributed by atoms with Crippen LogP contribution in [0.25, 0.3) is 11.3 Å².